The van der Waals surface area contributed by atoms with Gasteiger partial charge in [-0.25, -0.2) is 0 Å². The SMILES string of the molecule is Cc1cc(Br)c(O)c(C=Nc2ccc(NC(=O)c3cccc(Cl)c3)cc2)c1. The third-order valence-corrected chi connectivity index (χ3v) is 4.64. The van der Waals surface area contributed by atoms with Crippen molar-refractivity contribution in [2.45, 2.75) is 6.92 Å². The first-order chi connectivity index (χ1) is 12.9. The van der Waals surface area contributed by atoms with Crippen molar-refractivity contribution in [3.05, 3.63) is 86.8 Å². The predicted octanol–water partition coefficient (Wildman–Crippen LogP) is 6.12. The molecule has 4 nitrogen and oxygen atoms in total. The Morgan fingerprint density at radius 1 is 1.15 bits per heavy atom. The van der Waals surface area contributed by atoms with Crippen LogP contribution < -0.4 is 5.32 Å². The van der Waals surface area contributed by atoms with E-state index in [1.165, 1.54) is 0 Å². The number of phenols is 1. The summed E-state index contributed by atoms with van der Waals surface area (Å²) in [7, 11) is 0. The molecular weight excluding hydrogens is 428 g/mol. The Labute approximate surface area is 170 Å². The van der Waals surface area contributed by atoms with Crippen molar-refractivity contribution < 1.29 is 9.90 Å². The van der Waals surface area contributed by atoms with Crippen LogP contribution in [0.1, 0.15) is 21.5 Å². The highest BCUT2D eigenvalue weighted by molar-refractivity contribution is 9.10. The number of aliphatic imine (C=N–C) groups is 1. The highest BCUT2D eigenvalue weighted by atomic mass is 79.9. The van der Waals surface area contributed by atoms with E-state index < -0.39 is 0 Å². The Bertz CT molecular complexity index is 1020. The maximum absolute atomic E-state index is 12.2. The molecule has 0 aromatic heterocycles. The third kappa shape index (κ3) is 4.96. The highest BCUT2D eigenvalue weighted by Gasteiger charge is 2.07. The number of rotatable bonds is 4. The lowest BCUT2D eigenvalue weighted by molar-refractivity contribution is 0.102. The number of amides is 1. The van der Waals surface area contributed by atoms with Crippen LogP contribution in [0.5, 0.6) is 5.75 Å². The normalized spacial score (nSPS) is 10.9. The number of phenolic OH excluding ortho intramolecular Hbond substituents is 1. The van der Waals surface area contributed by atoms with Gasteiger partial charge in [0.2, 0.25) is 0 Å². The van der Waals surface area contributed by atoms with Gasteiger partial charge in [-0.15, -0.1) is 0 Å². The average molecular weight is 444 g/mol. The Hall–Kier alpha value is -2.63. The molecule has 0 saturated carbocycles. The number of anilines is 1. The number of nitrogens with one attached hydrogen (secondary N) is 1. The van der Waals surface area contributed by atoms with Crippen LogP contribution in [0.15, 0.2) is 70.1 Å². The number of halogens is 2. The minimum Gasteiger partial charge on any atom is -0.506 e. The van der Waals surface area contributed by atoms with E-state index in [0.29, 0.717) is 32.0 Å². The van der Waals surface area contributed by atoms with Gasteiger partial charge in [0.15, 0.2) is 0 Å². The molecule has 0 fully saturated rings. The topological polar surface area (TPSA) is 61.7 Å². The van der Waals surface area contributed by atoms with E-state index in [1.54, 1.807) is 54.7 Å². The molecule has 0 aliphatic carbocycles. The summed E-state index contributed by atoms with van der Waals surface area (Å²) in [6, 6.07) is 17.5. The summed E-state index contributed by atoms with van der Waals surface area (Å²) in [5.74, 6) is -0.0851. The van der Waals surface area contributed by atoms with Gasteiger partial charge in [-0.2, -0.15) is 0 Å². The molecule has 3 aromatic carbocycles. The summed E-state index contributed by atoms with van der Waals surface area (Å²) < 4.78 is 0.628. The molecule has 2 N–H and O–H groups in total. The average Bonchev–Trinajstić information content (AvgIpc) is 2.64. The maximum Gasteiger partial charge on any atom is 0.255 e. The predicted molar refractivity (Wildman–Crippen MR) is 114 cm³/mol. The van der Waals surface area contributed by atoms with Crippen molar-refractivity contribution in [2.75, 3.05) is 5.32 Å². The van der Waals surface area contributed by atoms with Crippen LogP contribution in [0.25, 0.3) is 0 Å². The number of carbonyl (C=O) groups is 1. The molecule has 0 saturated heterocycles. The fraction of sp³-hybridized carbons (Fsp3) is 0.0476. The molecule has 0 spiro atoms. The summed E-state index contributed by atoms with van der Waals surface area (Å²) in [4.78, 5) is 16.6. The maximum atomic E-state index is 12.2. The van der Waals surface area contributed by atoms with E-state index in [9.17, 15) is 9.90 Å². The summed E-state index contributed by atoms with van der Waals surface area (Å²) in [5, 5.41) is 13.4. The summed E-state index contributed by atoms with van der Waals surface area (Å²) in [6.45, 7) is 1.94. The molecule has 6 heteroatoms. The van der Waals surface area contributed by atoms with Crippen molar-refractivity contribution in [3.63, 3.8) is 0 Å². The third-order valence-electron chi connectivity index (χ3n) is 3.80. The van der Waals surface area contributed by atoms with E-state index in [2.05, 4.69) is 26.2 Å². The van der Waals surface area contributed by atoms with Crippen LogP contribution in [0, 0.1) is 6.92 Å². The standard InChI is InChI=1S/C21H16BrClN2O2/c1-13-9-15(20(26)19(22)10-13)12-24-17-5-7-18(8-6-17)25-21(27)14-3-2-4-16(23)11-14/h2-12,26H,1H3,(H,25,27). The summed E-state index contributed by atoms with van der Waals surface area (Å²) >= 11 is 9.23. The molecule has 0 radical (unpaired) electrons. The van der Waals surface area contributed by atoms with Crippen molar-refractivity contribution in [1.29, 1.82) is 0 Å². The van der Waals surface area contributed by atoms with Crippen LogP contribution in [-0.2, 0) is 0 Å². The Morgan fingerprint density at radius 3 is 2.59 bits per heavy atom. The minimum atomic E-state index is -0.233. The fourth-order valence-electron chi connectivity index (χ4n) is 2.47. The van der Waals surface area contributed by atoms with E-state index in [4.69, 9.17) is 11.6 Å². The lowest BCUT2D eigenvalue weighted by atomic mass is 10.1. The molecule has 3 rings (SSSR count). The van der Waals surface area contributed by atoms with Crippen molar-refractivity contribution in [2.24, 2.45) is 4.99 Å². The van der Waals surface area contributed by atoms with Gasteiger partial charge in [-0.3, -0.25) is 9.79 Å². The monoisotopic (exact) mass is 442 g/mol. The molecule has 0 atom stereocenters. The zero-order chi connectivity index (χ0) is 19.4. The highest BCUT2D eigenvalue weighted by Crippen LogP contribution is 2.28. The van der Waals surface area contributed by atoms with Gasteiger partial charge in [-0.1, -0.05) is 17.7 Å². The second-order valence-corrected chi connectivity index (χ2v) is 7.24. The molecule has 0 heterocycles. The van der Waals surface area contributed by atoms with Crippen LogP contribution in [-0.4, -0.2) is 17.2 Å². The largest absolute Gasteiger partial charge is 0.506 e. The first-order valence-electron chi connectivity index (χ1n) is 8.12. The number of benzene rings is 3. The summed E-state index contributed by atoms with van der Waals surface area (Å²) in [6.07, 6.45) is 1.60. The lowest BCUT2D eigenvalue weighted by Gasteiger charge is -2.06. The first kappa shape index (κ1) is 19.1. The van der Waals surface area contributed by atoms with Gasteiger partial charge in [0.25, 0.3) is 5.91 Å². The van der Waals surface area contributed by atoms with Crippen molar-refractivity contribution >= 4 is 51.0 Å². The lowest BCUT2D eigenvalue weighted by Crippen LogP contribution is -2.11. The van der Waals surface area contributed by atoms with E-state index in [-0.39, 0.29) is 11.7 Å². The van der Waals surface area contributed by atoms with E-state index in [1.807, 2.05) is 19.1 Å². The van der Waals surface area contributed by atoms with Gasteiger partial charge in [0, 0.05) is 28.1 Å². The molecular formula is C21H16BrClN2O2. The van der Waals surface area contributed by atoms with Crippen LogP contribution in [0.3, 0.4) is 0 Å². The Morgan fingerprint density at radius 2 is 1.89 bits per heavy atom. The van der Waals surface area contributed by atoms with Crippen LogP contribution in [0.2, 0.25) is 5.02 Å². The molecule has 1 amide bonds. The molecule has 3 aromatic rings. The number of nitrogens with zero attached hydrogens (tertiary/aromatic N) is 1. The zero-order valence-corrected chi connectivity index (χ0v) is 16.8. The Kier molecular flexibility index (Phi) is 5.94. The number of hydrogen-bond donors (Lipinski definition) is 2. The zero-order valence-electron chi connectivity index (χ0n) is 14.4. The second kappa shape index (κ2) is 8.37. The van der Waals surface area contributed by atoms with E-state index in [0.717, 1.165) is 5.56 Å². The van der Waals surface area contributed by atoms with Gasteiger partial charge in [-0.05, 0) is 83.0 Å². The van der Waals surface area contributed by atoms with Crippen LogP contribution >= 0.6 is 27.5 Å². The minimum absolute atomic E-state index is 0.148. The number of carbonyl (C=O) groups excluding carboxylic acids is 1. The second-order valence-electron chi connectivity index (χ2n) is 5.95. The number of hydrogen-bond acceptors (Lipinski definition) is 3. The van der Waals surface area contributed by atoms with Crippen molar-refractivity contribution in [3.8, 4) is 5.75 Å². The number of aryl methyl sites for hydroxylation is 1. The molecule has 0 bridgehead atoms. The van der Waals surface area contributed by atoms with Gasteiger partial charge in [0.05, 0.1) is 10.2 Å². The quantitative estimate of drug-likeness (QED) is 0.477. The molecule has 27 heavy (non-hydrogen) atoms. The Balaban J connectivity index is 1.71. The number of aromatic hydroxyl groups is 1. The fourth-order valence-corrected chi connectivity index (χ4v) is 3.25. The van der Waals surface area contributed by atoms with Crippen LogP contribution in [0.4, 0.5) is 11.4 Å². The van der Waals surface area contributed by atoms with Crippen molar-refractivity contribution in [1.82, 2.24) is 0 Å². The summed E-state index contributed by atoms with van der Waals surface area (Å²) in [5.41, 5.74) is 3.48. The smallest absolute Gasteiger partial charge is 0.255 e. The molecule has 0 unspecified atom stereocenters. The molecule has 0 aliphatic heterocycles. The van der Waals surface area contributed by atoms with Gasteiger partial charge in [0.1, 0.15) is 5.75 Å². The molecule has 0 aliphatic rings. The van der Waals surface area contributed by atoms with Gasteiger partial charge >= 0.3 is 0 Å². The van der Waals surface area contributed by atoms with E-state index >= 15 is 0 Å². The first-order valence-corrected chi connectivity index (χ1v) is 9.29. The van der Waals surface area contributed by atoms with Gasteiger partial charge < -0.3 is 10.4 Å². The molecule has 136 valence electrons.